The number of aromatic hydroxyl groups is 1. The van der Waals surface area contributed by atoms with E-state index in [1.165, 1.54) is 12.1 Å². The number of hydrogen-bond acceptors (Lipinski definition) is 2. The van der Waals surface area contributed by atoms with Crippen molar-refractivity contribution in [2.75, 3.05) is 6.54 Å². The molecule has 3 heteroatoms. The zero-order chi connectivity index (χ0) is 10.6. The standard InChI is InChI=1S/C11H16FNO/c1-8-6-11(14)9(7-10(8)12)4-2-3-5-13/h6-7,14H,2-5,13H2,1H3. The quantitative estimate of drug-likeness (QED) is 0.726. The van der Waals surface area contributed by atoms with E-state index in [0.717, 1.165) is 12.8 Å². The molecule has 0 atom stereocenters. The molecule has 0 heterocycles. The minimum Gasteiger partial charge on any atom is -0.508 e. The lowest BCUT2D eigenvalue weighted by Crippen LogP contribution is -1.99. The fraction of sp³-hybridized carbons (Fsp3) is 0.455. The lowest BCUT2D eigenvalue weighted by Gasteiger charge is -2.06. The molecular weight excluding hydrogens is 181 g/mol. The summed E-state index contributed by atoms with van der Waals surface area (Å²) in [5, 5.41) is 9.52. The van der Waals surface area contributed by atoms with E-state index in [-0.39, 0.29) is 11.6 Å². The summed E-state index contributed by atoms with van der Waals surface area (Å²) in [7, 11) is 0. The zero-order valence-corrected chi connectivity index (χ0v) is 8.39. The van der Waals surface area contributed by atoms with Gasteiger partial charge in [0.05, 0.1) is 0 Å². The molecule has 0 bridgehead atoms. The number of halogens is 1. The number of phenolic OH excluding ortho intramolecular Hbond substituents is 1. The Kier molecular flexibility index (Phi) is 3.89. The van der Waals surface area contributed by atoms with Gasteiger partial charge in [0.25, 0.3) is 0 Å². The van der Waals surface area contributed by atoms with Crippen LogP contribution in [0.15, 0.2) is 12.1 Å². The van der Waals surface area contributed by atoms with Crippen LogP contribution in [-0.4, -0.2) is 11.7 Å². The van der Waals surface area contributed by atoms with Gasteiger partial charge in [0.15, 0.2) is 0 Å². The molecule has 14 heavy (non-hydrogen) atoms. The number of benzene rings is 1. The monoisotopic (exact) mass is 197 g/mol. The molecule has 0 radical (unpaired) electrons. The van der Waals surface area contributed by atoms with Crippen LogP contribution in [-0.2, 0) is 6.42 Å². The molecule has 0 aliphatic carbocycles. The van der Waals surface area contributed by atoms with E-state index in [0.29, 0.717) is 24.1 Å². The van der Waals surface area contributed by atoms with Crippen molar-refractivity contribution in [1.82, 2.24) is 0 Å². The Morgan fingerprint density at radius 1 is 1.36 bits per heavy atom. The van der Waals surface area contributed by atoms with Crippen LogP contribution in [0.3, 0.4) is 0 Å². The topological polar surface area (TPSA) is 46.2 Å². The van der Waals surface area contributed by atoms with Gasteiger partial charge in [-0.2, -0.15) is 0 Å². The third kappa shape index (κ3) is 2.70. The van der Waals surface area contributed by atoms with Crippen molar-refractivity contribution >= 4 is 0 Å². The van der Waals surface area contributed by atoms with Gasteiger partial charge in [0.2, 0.25) is 0 Å². The predicted octanol–water partition coefficient (Wildman–Crippen LogP) is 2.12. The highest BCUT2D eigenvalue weighted by molar-refractivity contribution is 5.36. The number of nitrogens with two attached hydrogens (primary N) is 1. The number of hydrogen-bond donors (Lipinski definition) is 2. The molecule has 2 nitrogen and oxygen atoms in total. The molecule has 1 aromatic carbocycles. The summed E-state index contributed by atoms with van der Waals surface area (Å²) in [6.07, 6.45) is 2.46. The van der Waals surface area contributed by atoms with Crippen LogP contribution >= 0.6 is 0 Å². The van der Waals surface area contributed by atoms with E-state index in [4.69, 9.17) is 5.73 Å². The fourth-order valence-corrected chi connectivity index (χ4v) is 1.37. The first-order valence-electron chi connectivity index (χ1n) is 4.83. The van der Waals surface area contributed by atoms with Crippen molar-refractivity contribution < 1.29 is 9.50 Å². The normalized spacial score (nSPS) is 10.5. The molecule has 0 spiro atoms. The molecule has 0 unspecified atom stereocenters. The summed E-state index contributed by atoms with van der Waals surface area (Å²) in [5.41, 5.74) is 6.49. The third-order valence-corrected chi connectivity index (χ3v) is 2.26. The summed E-state index contributed by atoms with van der Waals surface area (Å²) in [6, 6.07) is 2.87. The third-order valence-electron chi connectivity index (χ3n) is 2.26. The second-order valence-electron chi connectivity index (χ2n) is 3.48. The van der Waals surface area contributed by atoms with Crippen LogP contribution in [0, 0.1) is 12.7 Å². The molecule has 78 valence electrons. The van der Waals surface area contributed by atoms with Crippen LogP contribution in [0.1, 0.15) is 24.0 Å². The van der Waals surface area contributed by atoms with Crippen LogP contribution in [0.4, 0.5) is 4.39 Å². The van der Waals surface area contributed by atoms with Crippen LogP contribution in [0.25, 0.3) is 0 Å². The Bertz CT molecular complexity index is 312. The van der Waals surface area contributed by atoms with E-state index in [1.807, 2.05) is 0 Å². The van der Waals surface area contributed by atoms with Gasteiger partial charge in [0.1, 0.15) is 11.6 Å². The Labute approximate surface area is 83.6 Å². The van der Waals surface area contributed by atoms with E-state index in [2.05, 4.69) is 0 Å². The molecule has 0 saturated heterocycles. The fourth-order valence-electron chi connectivity index (χ4n) is 1.37. The molecule has 1 rings (SSSR count). The van der Waals surface area contributed by atoms with Crippen molar-refractivity contribution in [3.05, 3.63) is 29.1 Å². The van der Waals surface area contributed by atoms with Gasteiger partial charge in [-0.1, -0.05) is 0 Å². The number of phenols is 1. The van der Waals surface area contributed by atoms with E-state index in [1.54, 1.807) is 6.92 Å². The Hall–Kier alpha value is -1.09. The van der Waals surface area contributed by atoms with Gasteiger partial charge < -0.3 is 10.8 Å². The summed E-state index contributed by atoms with van der Waals surface area (Å²) in [6.45, 7) is 2.27. The van der Waals surface area contributed by atoms with Gasteiger partial charge in [-0.05, 0) is 56.0 Å². The largest absolute Gasteiger partial charge is 0.508 e. The van der Waals surface area contributed by atoms with Crippen molar-refractivity contribution in [3.8, 4) is 5.75 Å². The van der Waals surface area contributed by atoms with Gasteiger partial charge in [-0.3, -0.25) is 0 Å². The van der Waals surface area contributed by atoms with Gasteiger partial charge in [-0.15, -0.1) is 0 Å². The highest BCUT2D eigenvalue weighted by atomic mass is 19.1. The van der Waals surface area contributed by atoms with Gasteiger partial charge in [-0.25, -0.2) is 4.39 Å². The van der Waals surface area contributed by atoms with E-state index in [9.17, 15) is 9.50 Å². The highest BCUT2D eigenvalue weighted by Crippen LogP contribution is 2.22. The smallest absolute Gasteiger partial charge is 0.126 e. The molecule has 0 saturated carbocycles. The van der Waals surface area contributed by atoms with E-state index < -0.39 is 0 Å². The molecule has 0 amide bonds. The Balaban J connectivity index is 2.72. The van der Waals surface area contributed by atoms with Crippen LogP contribution < -0.4 is 5.73 Å². The maximum Gasteiger partial charge on any atom is 0.126 e. The minimum atomic E-state index is -0.259. The Morgan fingerprint density at radius 2 is 2.07 bits per heavy atom. The van der Waals surface area contributed by atoms with Crippen molar-refractivity contribution in [3.63, 3.8) is 0 Å². The zero-order valence-electron chi connectivity index (χ0n) is 8.39. The number of rotatable bonds is 4. The average molecular weight is 197 g/mol. The van der Waals surface area contributed by atoms with Crippen LogP contribution in [0.5, 0.6) is 5.75 Å². The molecule has 0 aromatic heterocycles. The summed E-state index contributed by atoms with van der Waals surface area (Å²) in [5.74, 6) is -0.0773. The van der Waals surface area contributed by atoms with Crippen LogP contribution in [0.2, 0.25) is 0 Å². The molecule has 0 aliphatic heterocycles. The number of unbranched alkanes of at least 4 members (excludes halogenated alkanes) is 1. The van der Waals surface area contributed by atoms with E-state index >= 15 is 0 Å². The van der Waals surface area contributed by atoms with Gasteiger partial charge >= 0.3 is 0 Å². The average Bonchev–Trinajstić information content (AvgIpc) is 2.14. The van der Waals surface area contributed by atoms with Crippen molar-refractivity contribution in [1.29, 1.82) is 0 Å². The second kappa shape index (κ2) is 4.96. The summed E-state index contributed by atoms with van der Waals surface area (Å²) in [4.78, 5) is 0. The molecule has 0 fully saturated rings. The molecule has 1 aromatic rings. The molecule has 3 N–H and O–H groups in total. The maximum absolute atomic E-state index is 13.1. The lowest BCUT2D eigenvalue weighted by atomic mass is 10.0. The molecular formula is C11H16FNO. The lowest BCUT2D eigenvalue weighted by molar-refractivity contribution is 0.463. The highest BCUT2D eigenvalue weighted by Gasteiger charge is 2.05. The second-order valence-corrected chi connectivity index (χ2v) is 3.48. The van der Waals surface area contributed by atoms with Gasteiger partial charge in [0, 0.05) is 0 Å². The predicted molar refractivity (Wildman–Crippen MR) is 54.8 cm³/mol. The Morgan fingerprint density at radius 3 is 2.71 bits per heavy atom. The summed E-state index contributed by atoms with van der Waals surface area (Å²) >= 11 is 0. The first kappa shape index (κ1) is 11.0. The number of aryl methyl sites for hydroxylation is 2. The molecule has 0 aliphatic rings. The summed E-state index contributed by atoms with van der Waals surface area (Å²) < 4.78 is 13.1. The first-order chi connectivity index (χ1) is 6.65. The SMILES string of the molecule is Cc1cc(O)c(CCCCN)cc1F. The minimum absolute atomic E-state index is 0.181. The van der Waals surface area contributed by atoms with Crippen molar-refractivity contribution in [2.45, 2.75) is 26.2 Å². The first-order valence-corrected chi connectivity index (χ1v) is 4.83. The maximum atomic E-state index is 13.1. The van der Waals surface area contributed by atoms with Crippen molar-refractivity contribution in [2.24, 2.45) is 5.73 Å².